The van der Waals surface area contributed by atoms with Gasteiger partial charge in [-0.3, -0.25) is 4.99 Å². The van der Waals surface area contributed by atoms with Crippen molar-refractivity contribution < 1.29 is 13.2 Å². The monoisotopic (exact) mass is 502 g/mol. The molecule has 1 N–H and O–H groups in total. The summed E-state index contributed by atoms with van der Waals surface area (Å²) in [5, 5.41) is 4.99. The number of thiophene rings is 1. The van der Waals surface area contributed by atoms with E-state index in [2.05, 4.69) is 15.2 Å². The van der Waals surface area contributed by atoms with Gasteiger partial charge in [-0.15, -0.1) is 35.3 Å². The smallest absolute Gasteiger partial charge is 0.252 e. The first-order chi connectivity index (χ1) is 11.4. The SMILES string of the molecule is CN=C(NCCN(C)S(=O)(=O)c1cccs1)N(C)CC1CCOC1.I. The zero-order valence-electron chi connectivity index (χ0n) is 14.8. The lowest BCUT2D eigenvalue weighted by atomic mass is 10.1. The molecular formula is C15H27IN4O3S2. The Balaban J connectivity index is 0.00000312. The van der Waals surface area contributed by atoms with Gasteiger partial charge in [0.05, 0.1) is 6.61 Å². The quantitative estimate of drug-likeness (QED) is 0.348. The van der Waals surface area contributed by atoms with Crippen LogP contribution < -0.4 is 5.32 Å². The van der Waals surface area contributed by atoms with Crippen molar-refractivity contribution in [2.75, 3.05) is 54.0 Å². The highest BCUT2D eigenvalue weighted by Gasteiger charge is 2.22. The molecule has 1 atom stereocenters. The molecule has 0 aromatic carbocycles. The highest BCUT2D eigenvalue weighted by atomic mass is 127. The zero-order chi connectivity index (χ0) is 17.6. The predicted molar refractivity (Wildman–Crippen MR) is 112 cm³/mol. The van der Waals surface area contributed by atoms with E-state index in [0.29, 0.717) is 23.2 Å². The fourth-order valence-corrected chi connectivity index (χ4v) is 4.97. The summed E-state index contributed by atoms with van der Waals surface area (Å²) in [6.45, 7) is 3.38. The Kier molecular flexibility index (Phi) is 9.64. The molecule has 7 nitrogen and oxygen atoms in total. The van der Waals surface area contributed by atoms with Gasteiger partial charge >= 0.3 is 0 Å². The minimum Gasteiger partial charge on any atom is -0.381 e. The zero-order valence-corrected chi connectivity index (χ0v) is 18.8. The van der Waals surface area contributed by atoms with Gasteiger partial charge < -0.3 is 15.0 Å². The Morgan fingerprint density at radius 1 is 1.48 bits per heavy atom. The average Bonchev–Trinajstić information content (AvgIpc) is 3.24. The third kappa shape index (κ3) is 6.35. The highest BCUT2D eigenvalue weighted by molar-refractivity contribution is 14.0. The van der Waals surface area contributed by atoms with Gasteiger partial charge in [-0.2, -0.15) is 4.31 Å². The van der Waals surface area contributed by atoms with Crippen LogP contribution >= 0.6 is 35.3 Å². The third-order valence-electron chi connectivity index (χ3n) is 4.00. The summed E-state index contributed by atoms with van der Waals surface area (Å²) >= 11 is 1.23. The maximum Gasteiger partial charge on any atom is 0.252 e. The number of guanidine groups is 1. The average molecular weight is 502 g/mol. The lowest BCUT2D eigenvalue weighted by Gasteiger charge is -2.25. The van der Waals surface area contributed by atoms with Crippen molar-refractivity contribution in [2.45, 2.75) is 10.6 Å². The molecule has 1 aliphatic rings. The van der Waals surface area contributed by atoms with Gasteiger partial charge in [-0.1, -0.05) is 6.07 Å². The van der Waals surface area contributed by atoms with Gasteiger partial charge in [0.15, 0.2) is 5.96 Å². The summed E-state index contributed by atoms with van der Waals surface area (Å²) in [5.41, 5.74) is 0. The number of hydrogen-bond donors (Lipinski definition) is 1. The number of rotatable bonds is 7. The van der Waals surface area contributed by atoms with E-state index in [9.17, 15) is 8.42 Å². The molecule has 0 radical (unpaired) electrons. The second-order valence-electron chi connectivity index (χ2n) is 5.84. The van der Waals surface area contributed by atoms with Crippen LogP contribution in [0.1, 0.15) is 6.42 Å². The maximum absolute atomic E-state index is 12.4. The lowest BCUT2D eigenvalue weighted by molar-refractivity contribution is 0.181. The second kappa shape index (κ2) is 10.7. The molecule has 0 spiro atoms. The summed E-state index contributed by atoms with van der Waals surface area (Å²) in [6.07, 6.45) is 1.07. The molecular weight excluding hydrogens is 475 g/mol. The molecule has 1 aromatic heterocycles. The standard InChI is InChI=1S/C15H26N4O3S2.HI/c1-16-15(18(2)11-13-6-9-22-12-13)17-7-8-19(3)24(20,21)14-5-4-10-23-14;/h4-5,10,13H,6-9,11-12H2,1-3H3,(H,16,17);1H. The molecule has 2 rings (SSSR count). The molecule has 0 aliphatic carbocycles. The van der Waals surface area contributed by atoms with Crippen molar-refractivity contribution in [2.24, 2.45) is 10.9 Å². The first-order valence-electron chi connectivity index (χ1n) is 7.94. The second-order valence-corrected chi connectivity index (χ2v) is 9.06. The van der Waals surface area contributed by atoms with Crippen LogP contribution in [0.5, 0.6) is 0 Å². The molecule has 144 valence electrons. The van der Waals surface area contributed by atoms with Crippen molar-refractivity contribution in [1.82, 2.24) is 14.5 Å². The Morgan fingerprint density at radius 2 is 2.24 bits per heavy atom. The summed E-state index contributed by atoms with van der Waals surface area (Å²) in [5.74, 6) is 1.29. The number of aliphatic imine (C=N–C) groups is 1. The van der Waals surface area contributed by atoms with Crippen molar-refractivity contribution in [3.05, 3.63) is 17.5 Å². The van der Waals surface area contributed by atoms with Crippen LogP contribution in [-0.2, 0) is 14.8 Å². The highest BCUT2D eigenvalue weighted by Crippen LogP contribution is 2.19. The first-order valence-corrected chi connectivity index (χ1v) is 10.3. The van der Waals surface area contributed by atoms with Crippen LogP contribution in [0.2, 0.25) is 0 Å². The van der Waals surface area contributed by atoms with Crippen molar-refractivity contribution in [3.63, 3.8) is 0 Å². The summed E-state index contributed by atoms with van der Waals surface area (Å²) < 4.78 is 31.8. The number of hydrogen-bond acceptors (Lipinski definition) is 5. The molecule has 10 heteroatoms. The van der Waals surface area contributed by atoms with Gasteiger partial charge in [-0.05, 0) is 17.9 Å². The van der Waals surface area contributed by atoms with Gasteiger partial charge in [-0.25, -0.2) is 8.42 Å². The Hall–Kier alpha value is -0.430. The minimum atomic E-state index is -3.40. The van der Waals surface area contributed by atoms with Crippen LogP contribution in [0.3, 0.4) is 0 Å². The fraction of sp³-hybridized carbons (Fsp3) is 0.667. The van der Waals surface area contributed by atoms with E-state index in [1.54, 1.807) is 31.6 Å². The van der Waals surface area contributed by atoms with Gasteiger partial charge in [0.25, 0.3) is 10.0 Å². The molecule has 2 heterocycles. The number of nitrogens with one attached hydrogen (secondary N) is 1. The first kappa shape index (κ1) is 22.6. The minimum absolute atomic E-state index is 0. The van der Waals surface area contributed by atoms with Gasteiger partial charge in [0.2, 0.25) is 0 Å². The van der Waals surface area contributed by atoms with Gasteiger partial charge in [0, 0.05) is 53.3 Å². The maximum atomic E-state index is 12.4. The largest absolute Gasteiger partial charge is 0.381 e. The van der Waals surface area contributed by atoms with Crippen LogP contribution in [0.15, 0.2) is 26.7 Å². The van der Waals surface area contributed by atoms with Crippen LogP contribution in [0, 0.1) is 5.92 Å². The van der Waals surface area contributed by atoms with Gasteiger partial charge in [0.1, 0.15) is 4.21 Å². The molecule has 0 bridgehead atoms. The van der Waals surface area contributed by atoms with E-state index in [-0.39, 0.29) is 24.0 Å². The summed E-state index contributed by atoms with van der Waals surface area (Å²) in [4.78, 5) is 6.33. The molecule has 0 saturated carbocycles. The molecule has 0 amide bonds. The number of likely N-dealkylation sites (N-methyl/N-ethyl adjacent to an activating group) is 1. The van der Waals surface area contributed by atoms with Crippen LogP contribution in [0.4, 0.5) is 0 Å². The molecule has 25 heavy (non-hydrogen) atoms. The molecule has 1 unspecified atom stereocenters. The topological polar surface area (TPSA) is 74.2 Å². The predicted octanol–water partition coefficient (Wildman–Crippen LogP) is 1.53. The van der Waals surface area contributed by atoms with E-state index < -0.39 is 10.0 Å². The normalized spacial score (nSPS) is 18.2. The number of halogens is 1. The van der Waals surface area contributed by atoms with Crippen molar-refractivity contribution in [1.29, 1.82) is 0 Å². The van der Waals surface area contributed by atoms with Crippen molar-refractivity contribution in [3.8, 4) is 0 Å². The fourth-order valence-electron chi connectivity index (χ4n) is 2.60. The Bertz CT molecular complexity index is 631. The third-order valence-corrected chi connectivity index (χ3v) is 7.23. The van der Waals surface area contributed by atoms with E-state index >= 15 is 0 Å². The number of nitrogens with zero attached hydrogens (tertiary/aromatic N) is 3. The van der Waals surface area contributed by atoms with E-state index in [1.165, 1.54) is 15.6 Å². The van der Waals surface area contributed by atoms with E-state index in [0.717, 1.165) is 32.1 Å². The Labute approximate surface area is 171 Å². The molecule has 1 aliphatic heterocycles. The number of ether oxygens (including phenoxy) is 1. The number of sulfonamides is 1. The lowest BCUT2D eigenvalue weighted by Crippen LogP contribution is -2.44. The van der Waals surface area contributed by atoms with Crippen LogP contribution in [-0.4, -0.2) is 77.6 Å². The summed E-state index contributed by atoms with van der Waals surface area (Å²) in [6, 6.07) is 3.37. The van der Waals surface area contributed by atoms with Crippen molar-refractivity contribution >= 4 is 51.3 Å². The Morgan fingerprint density at radius 3 is 2.80 bits per heavy atom. The van der Waals surface area contributed by atoms with E-state index in [4.69, 9.17) is 4.74 Å². The van der Waals surface area contributed by atoms with Crippen LogP contribution in [0.25, 0.3) is 0 Å². The molecule has 1 saturated heterocycles. The molecule has 1 aromatic rings. The summed E-state index contributed by atoms with van der Waals surface area (Å²) in [7, 11) is 1.92. The molecule has 1 fully saturated rings. The van der Waals surface area contributed by atoms with E-state index in [1.807, 2.05) is 7.05 Å².